The molecule has 0 unspecified atom stereocenters. The summed E-state index contributed by atoms with van der Waals surface area (Å²) >= 11 is 0. The van der Waals surface area contributed by atoms with E-state index in [1.54, 1.807) is 12.0 Å². The van der Waals surface area contributed by atoms with E-state index in [0.29, 0.717) is 19.6 Å². The Morgan fingerprint density at radius 3 is 2.71 bits per heavy atom. The predicted molar refractivity (Wildman–Crippen MR) is 64.0 cm³/mol. The van der Waals surface area contributed by atoms with Gasteiger partial charge in [-0.25, -0.2) is 0 Å². The number of nitrogens with zero attached hydrogens (tertiary/aromatic N) is 1. The van der Waals surface area contributed by atoms with E-state index < -0.39 is 5.91 Å². The predicted octanol–water partition coefficient (Wildman–Crippen LogP) is 1.18. The first-order valence-corrected chi connectivity index (χ1v) is 5.65. The Labute approximate surface area is 100 Å². The van der Waals surface area contributed by atoms with E-state index in [-0.39, 0.29) is 5.78 Å². The Morgan fingerprint density at radius 1 is 1.29 bits per heavy atom. The number of ketones is 1. The lowest BCUT2D eigenvalue weighted by Gasteiger charge is -2.18. The van der Waals surface area contributed by atoms with Crippen LogP contribution >= 0.6 is 0 Å². The number of rotatable bonds is 4. The van der Waals surface area contributed by atoms with Gasteiger partial charge in [0.2, 0.25) is 5.78 Å². The highest BCUT2D eigenvalue weighted by atomic mass is 16.5. The Kier molecular flexibility index (Phi) is 3.54. The fourth-order valence-electron chi connectivity index (χ4n) is 2.00. The minimum Gasteiger partial charge on any atom is -0.384 e. The number of amides is 1. The summed E-state index contributed by atoms with van der Waals surface area (Å²) in [6.07, 6.45) is 1.06. The molecule has 0 saturated carbocycles. The van der Waals surface area contributed by atoms with Gasteiger partial charge in [-0.2, -0.15) is 0 Å². The van der Waals surface area contributed by atoms with Crippen LogP contribution < -0.4 is 4.90 Å². The number of hydrogen-bond acceptors (Lipinski definition) is 3. The second-order valence-electron chi connectivity index (χ2n) is 4.00. The largest absolute Gasteiger partial charge is 0.384 e. The van der Waals surface area contributed by atoms with Crippen molar-refractivity contribution in [3.05, 3.63) is 29.8 Å². The maximum atomic E-state index is 11.7. The Morgan fingerprint density at radius 2 is 2.06 bits per heavy atom. The molecule has 1 aliphatic rings. The van der Waals surface area contributed by atoms with E-state index >= 15 is 0 Å². The molecule has 0 bridgehead atoms. The topological polar surface area (TPSA) is 46.6 Å². The molecule has 0 spiro atoms. The van der Waals surface area contributed by atoms with Gasteiger partial charge in [-0.3, -0.25) is 9.59 Å². The lowest BCUT2D eigenvalue weighted by Crippen LogP contribution is -2.28. The Hall–Kier alpha value is -1.68. The van der Waals surface area contributed by atoms with Crippen molar-refractivity contribution in [2.45, 2.75) is 12.8 Å². The fourth-order valence-corrected chi connectivity index (χ4v) is 2.00. The summed E-state index contributed by atoms with van der Waals surface area (Å²) in [4.78, 5) is 24.5. The second kappa shape index (κ2) is 5.10. The molecular weight excluding hydrogens is 218 g/mol. The number of methoxy groups -OCH3 is 1. The smallest absolute Gasteiger partial charge is 0.294 e. The van der Waals surface area contributed by atoms with Crippen LogP contribution in [-0.2, 0) is 20.7 Å². The maximum Gasteiger partial charge on any atom is 0.294 e. The number of benzene rings is 1. The molecule has 1 heterocycles. The Balaban J connectivity index is 2.25. The molecule has 1 fully saturated rings. The summed E-state index contributed by atoms with van der Waals surface area (Å²) in [7, 11) is 1.65. The summed E-state index contributed by atoms with van der Waals surface area (Å²) in [6.45, 7) is 1.09. The number of Topliss-reactive ketones (excluding diaryl/α,β-unsaturated/α-hetero) is 1. The van der Waals surface area contributed by atoms with Gasteiger partial charge in [0.05, 0.1) is 6.61 Å². The first-order chi connectivity index (χ1) is 8.24. The third-order valence-electron chi connectivity index (χ3n) is 2.90. The summed E-state index contributed by atoms with van der Waals surface area (Å²) in [6, 6.07) is 7.64. The zero-order chi connectivity index (χ0) is 12.3. The van der Waals surface area contributed by atoms with E-state index in [1.165, 1.54) is 0 Å². The highest BCUT2D eigenvalue weighted by Crippen LogP contribution is 2.24. The van der Waals surface area contributed by atoms with Crippen LogP contribution in [0.5, 0.6) is 0 Å². The minimum absolute atomic E-state index is 0.299. The molecule has 0 radical (unpaired) electrons. The third-order valence-corrected chi connectivity index (χ3v) is 2.90. The van der Waals surface area contributed by atoms with E-state index in [4.69, 9.17) is 4.74 Å². The zero-order valence-electron chi connectivity index (χ0n) is 9.81. The van der Waals surface area contributed by atoms with Crippen molar-refractivity contribution in [3.63, 3.8) is 0 Å². The van der Waals surface area contributed by atoms with Crippen LogP contribution in [-0.4, -0.2) is 32.0 Å². The van der Waals surface area contributed by atoms with Crippen LogP contribution in [0.2, 0.25) is 0 Å². The summed E-state index contributed by atoms with van der Waals surface area (Å²) in [5, 5.41) is 0. The quantitative estimate of drug-likeness (QED) is 0.734. The van der Waals surface area contributed by atoms with Crippen molar-refractivity contribution < 1.29 is 14.3 Å². The lowest BCUT2D eigenvalue weighted by atomic mass is 10.1. The van der Waals surface area contributed by atoms with Gasteiger partial charge >= 0.3 is 0 Å². The van der Waals surface area contributed by atoms with Crippen LogP contribution in [0.25, 0.3) is 0 Å². The fraction of sp³-hybridized carbons (Fsp3) is 0.385. The number of para-hydroxylation sites is 1. The average Bonchev–Trinajstić information content (AvgIpc) is 2.68. The molecule has 0 aliphatic carbocycles. The first kappa shape index (κ1) is 11.8. The molecule has 90 valence electrons. The maximum absolute atomic E-state index is 11.7. The second-order valence-corrected chi connectivity index (χ2v) is 4.00. The highest BCUT2D eigenvalue weighted by molar-refractivity contribution is 6.43. The number of ether oxygens (including phenoxy) is 1. The van der Waals surface area contributed by atoms with Crippen LogP contribution in [0.4, 0.5) is 5.69 Å². The van der Waals surface area contributed by atoms with Gasteiger partial charge in [-0.1, -0.05) is 18.2 Å². The van der Waals surface area contributed by atoms with Gasteiger partial charge in [-0.15, -0.1) is 0 Å². The lowest BCUT2D eigenvalue weighted by molar-refractivity contribution is -0.133. The van der Waals surface area contributed by atoms with Crippen LogP contribution in [0.1, 0.15) is 12.0 Å². The van der Waals surface area contributed by atoms with Crippen LogP contribution in [0, 0.1) is 0 Å². The third kappa shape index (κ3) is 2.36. The van der Waals surface area contributed by atoms with Crippen LogP contribution in [0.3, 0.4) is 0 Å². The number of carbonyl (C=O) groups is 2. The molecule has 4 heteroatoms. The summed E-state index contributed by atoms with van der Waals surface area (Å²) in [5.74, 6) is -0.693. The number of anilines is 1. The van der Waals surface area contributed by atoms with Crippen molar-refractivity contribution in [1.82, 2.24) is 0 Å². The van der Waals surface area contributed by atoms with Gasteiger partial charge < -0.3 is 9.64 Å². The van der Waals surface area contributed by atoms with Gasteiger partial charge in [-0.05, 0) is 18.1 Å². The van der Waals surface area contributed by atoms with E-state index in [1.807, 2.05) is 24.3 Å². The van der Waals surface area contributed by atoms with Gasteiger partial charge in [0.15, 0.2) is 0 Å². The van der Waals surface area contributed by atoms with E-state index in [9.17, 15) is 9.59 Å². The van der Waals surface area contributed by atoms with E-state index in [0.717, 1.165) is 17.7 Å². The molecule has 2 rings (SSSR count). The first-order valence-electron chi connectivity index (χ1n) is 5.65. The monoisotopic (exact) mass is 233 g/mol. The highest BCUT2D eigenvalue weighted by Gasteiger charge is 2.31. The Bertz CT molecular complexity index is 442. The molecule has 0 aromatic heterocycles. The molecule has 1 aliphatic heterocycles. The van der Waals surface area contributed by atoms with Gasteiger partial charge in [0.25, 0.3) is 5.91 Å². The minimum atomic E-state index is -0.394. The van der Waals surface area contributed by atoms with Crippen molar-refractivity contribution in [3.8, 4) is 0 Å². The molecule has 0 atom stereocenters. The summed E-state index contributed by atoms with van der Waals surface area (Å²) in [5.41, 5.74) is 1.87. The van der Waals surface area contributed by atoms with Crippen molar-refractivity contribution in [1.29, 1.82) is 0 Å². The van der Waals surface area contributed by atoms with Crippen LogP contribution in [0.15, 0.2) is 24.3 Å². The normalized spacial score (nSPS) is 15.7. The molecule has 1 aromatic rings. The average molecular weight is 233 g/mol. The molecule has 17 heavy (non-hydrogen) atoms. The molecule has 1 saturated heterocycles. The molecular formula is C13H15NO3. The summed E-state index contributed by atoms with van der Waals surface area (Å²) < 4.78 is 5.04. The van der Waals surface area contributed by atoms with Crippen molar-refractivity contribution in [2.24, 2.45) is 0 Å². The van der Waals surface area contributed by atoms with Crippen molar-refractivity contribution in [2.75, 3.05) is 25.2 Å². The standard InChI is InChI=1S/C13H15NO3/c1-17-9-7-10-4-2-3-5-11(10)14-8-6-12(15)13(14)16/h2-5H,6-9H2,1H3. The van der Waals surface area contributed by atoms with E-state index in [2.05, 4.69) is 0 Å². The number of hydrogen-bond donors (Lipinski definition) is 0. The molecule has 1 amide bonds. The molecule has 1 aromatic carbocycles. The SMILES string of the molecule is COCCc1ccccc1N1CCC(=O)C1=O. The van der Waals surface area contributed by atoms with Gasteiger partial charge in [0, 0.05) is 25.8 Å². The molecule has 0 N–H and O–H groups in total. The number of carbonyl (C=O) groups excluding carboxylic acids is 2. The zero-order valence-corrected chi connectivity index (χ0v) is 9.81. The van der Waals surface area contributed by atoms with Crippen molar-refractivity contribution >= 4 is 17.4 Å². The molecule has 4 nitrogen and oxygen atoms in total. The van der Waals surface area contributed by atoms with Gasteiger partial charge in [0.1, 0.15) is 0 Å².